The summed E-state index contributed by atoms with van der Waals surface area (Å²) in [7, 11) is -3.98. The standard InChI is InChI=1S/C29H31NO4S/c1-19-17-24-25(29(4,5)16-15-28(24,2)3)18-23(19)26(31)20-11-13-21(14-12-20)27(32)30-35(33,34)22-9-7-6-8-10-22/h6-14,17-18H,15-16H2,1-5H3,(H,30,32). The van der Waals surface area contributed by atoms with Crippen molar-refractivity contribution in [1.82, 2.24) is 4.72 Å². The van der Waals surface area contributed by atoms with Gasteiger partial charge in [0, 0.05) is 16.7 Å². The largest absolute Gasteiger partial charge is 0.289 e. The quantitative estimate of drug-likeness (QED) is 0.467. The second-order valence-electron chi connectivity index (χ2n) is 10.6. The molecule has 1 N–H and O–H groups in total. The van der Waals surface area contributed by atoms with Gasteiger partial charge in [0.2, 0.25) is 0 Å². The summed E-state index contributed by atoms with van der Waals surface area (Å²) in [6.45, 7) is 10.9. The van der Waals surface area contributed by atoms with Crippen LogP contribution in [0.1, 0.15) is 83.5 Å². The van der Waals surface area contributed by atoms with E-state index in [0.29, 0.717) is 11.1 Å². The third-order valence-electron chi connectivity index (χ3n) is 7.13. The number of hydrogen-bond acceptors (Lipinski definition) is 4. The number of carbonyl (C=O) groups is 2. The van der Waals surface area contributed by atoms with Gasteiger partial charge in [-0.25, -0.2) is 13.1 Å². The summed E-state index contributed by atoms with van der Waals surface area (Å²) in [5.41, 5.74) is 4.74. The van der Waals surface area contributed by atoms with Crippen LogP contribution in [0.4, 0.5) is 0 Å². The Morgan fingerprint density at radius 3 is 1.86 bits per heavy atom. The Bertz CT molecular complexity index is 1400. The Kier molecular flexibility index (Phi) is 6.22. The molecular weight excluding hydrogens is 458 g/mol. The van der Waals surface area contributed by atoms with Crippen LogP contribution in [0.25, 0.3) is 0 Å². The van der Waals surface area contributed by atoms with E-state index in [1.807, 2.05) is 13.0 Å². The maximum absolute atomic E-state index is 13.4. The van der Waals surface area contributed by atoms with Gasteiger partial charge in [0.1, 0.15) is 0 Å². The van der Waals surface area contributed by atoms with Gasteiger partial charge >= 0.3 is 0 Å². The summed E-state index contributed by atoms with van der Waals surface area (Å²) < 4.78 is 27.0. The molecule has 0 spiro atoms. The molecule has 35 heavy (non-hydrogen) atoms. The molecule has 3 aromatic carbocycles. The van der Waals surface area contributed by atoms with E-state index >= 15 is 0 Å². The van der Waals surface area contributed by atoms with E-state index in [-0.39, 0.29) is 27.1 Å². The van der Waals surface area contributed by atoms with Crippen LogP contribution in [0, 0.1) is 6.92 Å². The average Bonchev–Trinajstić information content (AvgIpc) is 2.82. The molecule has 3 aromatic rings. The van der Waals surface area contributed by atoms with Gasteiger partial charge in [0.15, 0.2) is 5.78 Å². The van der Waals surface area contributed by atoms with Crippen molar-refractivity contribution < 1.29 is 18.0 Å². The third kappa shape index (κ3) is 4.80. The van der Waals surface area contributed by atoms with Crippen LogP contribution >= 0.6 is 0 Å². The number of nitrogens with one attached hydrogen (secondary N) is 1. The Morgan fingerprint density at radius 1 is 0.771 bits per heavy atom. The van der Waals surface area contributed by atoms with Crippen molar-refractivity contribution in [2.45, 2.75) is 63.2 Å². The molecule has 0 heterocycles. The molecule has 0 atom stereocenters. The van der Waals surface area contributed by atoms with E-state index < -0.39 is 15.9 Å². The highest BCUT2D eigenvalue weighted by molar-refractivity contribution is 7.90. The van der Waals surface area contributed by atoms with Crippen LogP contribution in [-0.4, -0.2) is 20.1 Å². The second-order valence-corrected chi connectivity index (χ2v) is 12.3. The van der Waals surface area contributed by atoms with Gasteiger partial charge in [-0.2, -0.15) is 0 Å². The zero-order valence-corrected chi connectivity index (χ0v) is 21.6. The third-order valence-corrected chi connectivity index (χ3v) is 8.48. The minimum atomic E-state index is -3.98. The van der Waals surface area contributed by atoms with Crippen molar-refractivity contribution in [2.75, 3.05) is 0 Å². The van der Waals surface area contributed by atoms with Gasteiger partial charge in [-0.1, -0.05) is 64.1 Å². The molecule has 1 aliphatic carbocycles. The Hall–Kier alpha value is -3.25. The molecule has 0 saturated carbocycles. The van der Waals surface area contributed by atoms with Crippen molar-refractivity contribution in [3.63, 3.8) is 0 Å². The normalized spacial score (nSPS) is 16.3. The molecule has 0 saturated heterocycles. The summed E-state index contributed by atoms with van der Waals surface area (Å²) in [4.78, 5) is 26.0. The monoisotopic (exact) mass is 489 g/mol. The zero-order chi connectivity index (χ0) is 25.6. The number of rotatable bonds is 5. The lowest BCUT2D eigenvalue weighted by Crippen LogP contribution is -2.34. The van der Waals surface area contributed by atoms with Crippen LogP contribution in [0.5, 0.6) is 0 Å². The van der Waals surface area contributed by atoms with Crippen LogP contribution in [0.2, 0.25) is 0 Å². The molecule has 5 nitrogen and oxygen atoms in total. The fourth-order valence-electron chi connectivity index (χ4n) is 4.73. The van der Waals surface area contributed by atoms with Crippen LogP contribution in [0.3, 0.4) is 0 Å². The number of amides is 1. The van der Waals surface area contributed by atoms with Crippen molar-refractivity contribution >= 4 is 21.7 Å². The summed E-state index contributed by atoms with van der Waals surface area (Å²) >= 11 is 0. The van der Waals surface area contributed by atoms with Gasteiger partial charge in [-0.3, -0.25) is 9.59 Å². The van der Waals surface area contributed by atoms with E-state index in [4.69, 9.17) is 0 Å². The lowest BCUT2D eigenvalue weighted by molar-refractivity contribution is 0.0979. The smallest absolute Gasteiger partial charge is 0.264 e. The van der Waals surface area contributed by atoms with E-state index in [0.717, 1.165) is 18.4 Å². The van der Waals surface area contributed by atoms with Crippen molar-refractivity contribution in [3.05, 3.63) is 100 Å². The SMILES string of the molecule is Cc1cc2c(cc1C(=O)c1ccc(C(=O)NS(=O)(=O)c3ccccc3)cc1)C(C)(C)CCC2(C)C. The molecule has 1 aliphatic rings. The molecule has 0 radical (unpaired) electrons. The minimum absolute atomic E-state index is 0.00846. The number of aryl methyl sites for hydroxylation is 1. The molecule has 0 bridgehead atoms. The van der Waals surface area contributed by atoms with E-state index in [2.05, 4.69) is 38.5 Å². The highest BCUT2D eigenvalue weighted by atomic mass is 32.2. The van der Waals surface area contributed by atoms with Crippen LogP contribution in [-0.2, 0) is 20.9 Å². The number of ketones is 1. The van der Waals surface area contributed by atoms with Gasteiger partial charge in [-0.15, -0.1) is 0 Å². The first-order valence-corrected chi connectivity index (χ1v) is 13.2. The van der Waals surface area contributed by atoms with Gasteiger partial charge in [0.05, 0.1) is 4.90 Å². The minimum Gasteiger partial charge on any atom is -0.289 e. The first kappa shape index (κ1) is 24.9. The molecule has 0 fully saturated rings. The van der Waals surface area contributed by atoms with Gasteiger partial charge in [-0.05, 0) is 77.6 Å². The molecule has 4 rings (SSSR count). The Labute approximate surface area is 207 Å². The van der Waals surface area contributed by atoms with Crippen molar-refractivity contribution in [2.24, 2.45) is 0 Å². The zero-order valence-electron chi connectivity index (χ0n) is 20.8. The summed E-state index contributed by atoms with van der Waals surface area (Å²) in [5.74, 6) is -0.866. The molecule has 182 valence electrons. The Balaban J connectivity index is 1.60. The second kappa shape index (κ2) is 8.76. The summed E-state index contributed by atoms with van der Waals surface area (Å²) in [5, 5.41) is 0. The van der Waals surface area contributed by atoms with Crippen molar-refractivity contribution in [1.29, 1.82) is 0 Å². The van der Waals surface area contributed by atoms with E-state index in [1.54, 1.807) is 30.3 Å². The summed E-state index contributed by atoms with van der Waals surface area (Å²) in [6.07, 6.45) is 2.16. The van der Waals surface area contributed by atoms with Gasteiger partial charge < -0.3 is 0 Å². The van der Waals surface area contributed by atoms with Crippen molar-refractivity contribution in [3.8, 4) is 0 Å². The maximum Gasteiger partial charge on any atom is 0.264 e. The first-order chi connectivity index (χ1) is 16.3. The van der Waals surface area contributed by atoms with E-state index in [9.17, 15) is 18.0 Å². The van der Waals surface area contributed by atoms with Gasteiger partial charge in [0.25, 0.3) is 15.9 Å². The maximum atomic E-state index is 13.4. The molecule has 0 unspecified atom stereocenters. The predicted molar refractivity (Wildman–Crippen MR) is 137 cm³/mol. The lowest BCUT2D eigenvalue weighted by Gasteiger charge is -2.42. The molecular formula is C29H31NO4S. The number of sulfonamides is 1. The number of fused-ring (bicyclic) bond motifs is 1. The number of carbonyl (C=O) groups excluding carboxylic acids is 2. The average molecular weight is 490 g/mol. The topological polar surface area (TPSA) is 80.3 Å². The Morgan fingerprint density at radius 2 is 1.29 bits per heavy atom. The summed E-state index contributed by atoms with van der Waals surface area (Å²) in [6, 6.07) is 18.0. The molecule has 6 heteroatoms. The first-order valence-electron chi connectivity index (χ1n) is 11.7. The van der Waals surface area contributed by atoms with Crippen LogP contribution < -0.4 is 4.72 Å². The number of hydrogen-bond donors (Lipinski definition) is 1. The molecule has 0 aromatic heterocycles. The molecule has 0 aliphatic heterocycles. The highest BCUT2D eigenvalue weighted by Gasteiger charge is 2.37. The highest BCUT2D eigenvalue weighted by Crippen LogP contribution is 2.46. The fraction of sp³-hybridized carbons (Fsp3) is 0.310. The lowest BCUT2D eigenvalue weighted by atomic mass is 9.62. The number of benzene rings is 3. The fourth-order valence-corrected chi connectivity index (χ4v) is 5.73. The predicted octanol–water partition coefficient (Wildman–Crippen LogP) is 5.69. The molecule has 1 amide bonds. The van der Waals surface area contributed by atoms with Crippen LogP contribution in [0.15, 0.2) is 71.6 Å². The van der Waals surface area contributed by atoms with E-state index in [1.165, 1.54) is 35.4 Å².